The second-order valence-corrected chi connectivity index (χ2v) is 7.20. The highest BCUT2D eigenvalue weighted by atomic mass is 32.2. The quantitative estimate of drug-likeness (QED) is 0.335. The average Bonchev–Trinajstić information content (AvgIpc) is 2.87. The summed E-state index contributed by atoms with van der Waals surface area (Å²) in [6, 6.07) is 13.6. The highest BCUT2D eigenvalue weighted by Crippen LogP contribution is 2.31. The van der Waals surface area contributed by atoms with Crippen LogP contribution in [0.4, 0.5) is 5.69 Å². The van der Waals surface area contributed by atoms with E-state index in [2.05, 4.69) is 0 Å². The Morgan fingerprint density at radius 1 is 1.27 bits per heavy atom. The number of carbonyl (C=O) groups is 1. The fourth-order valence-electron chi connectivity index (χ4n) is 2.27. The third-order valence-electron chi connectivity index (χ3n) is 3.70. The van der Waals surface area contributed by atoms with E-state index >= 15 is 0 Å². The monoisotopic (exact) mass is 386 g/mol. The molecule has 1 amide bonds. The van der Waals surface area contributed by atoms with Crippen molar-refractivity contribution in [1.29, 1.82) is 0 Å². The lowest BCUT2D eigenvalue weighted by molar-refractivity contribution is -0.384. The molecule has 1 aliphatic heterocycles. The molecule has 0 saturated carbocycles. The van der Waals surface area contributed by atoms with Crippen LogP contribution in [0.5, 0.6) is 5.75 Å². The van der Waals surface area contributed by atoms with Crippen LogP contribution in [0, 0.1) is 10.1 Å². The van der Waals surface area contributed by atoms with Crippen LogP contribution in [0.3, 0.4) is 0 Å². The summed E-state index contributed by atoms with van der Waals surface area (Å²) in [7, 11) is 1.65. The van der Waals surface area contributed by atoms with Gasteiger partial charge in [-0.25, -0.2) is 0 Å². The number of hydrogen-bond acceptors (Lipinski definition) is 6. The van der Waals surface area contributed by atoms with Gasteiger partial charge in [0.05, 0.1) is 9.83 Å². The lowest BCUT2D eigenvalue weighted by atomic mass is 10.2. The predicted octanol–water partition coefficient (Wildman–Crippen LogP) is 4.00. The maximum absolute atomic E-state index is 12.1. The number of carbonyl (C=O) groups excluding carboxylic acids is 1. The SMILES string of the molecule is CN1C(=O)C(=Cc2cccc(OCc3ccc([N+](=O)[O-])cc3)c2)SC1=S. The molecule has 1 aliphatic rings. The van der Waals surface area contributed by atoms with Crippen molar-refractivity contribution in [2.75, 3.05) is 7.05 Å². The highest BCUT2D eigenvalue weighted by Gasteiger charge is 2.28. The van der Waals surface area contributed by atoms with E-state index in [1.807, 2.05) is 24.3 Å². The Bertz CT molecular complexity index is 910. The Morgan fingerprint density at radius 3 is 2.62 bits per heavy atom. The van der Waals surface area contributed by atoms with Gasteiger partial charge in [0, 0.05) is 19.2 Å². The maximum Gasteiger partial charge on any atom is 0.269 e. The molecule has 0 unspecified atom stereocenters. The van der Waals surface area contributed by atoms with Gasteiger partial charge in [0.1, 0.15) is 16.7 Å². The number of nitro benzene ring substituents is 1. The maximum atomic E-state index is 12.1. The summed E-state index contributed by atoms with van der Waals surface area (Å²) in [5.41, 5.74) is 1.71. The summed E-state index contributed by atoms with van der Waals surface area (Å²) >= 11 is 6.39. The zero-order valence-electron chi connectivity index (χ0n) is 13.7. The van der Waals surface area contributed by atoms with Gasteiger partial charge in [-0.1, -0.05) is 36.1 Å². The molecular weight excluding hydrogens is 372 g/mol. The Kier molecular flexibility index (Phi) is 5.34. The Morgan fingerprint density at radius 2 is 2.00 bits per heavy atom. The van der Waals surface area contributed by atoms with E-state index in [-0.39, 0.29) is 11.6 Å². The van der Waals surface area contributed by atoms with Crippen molar-refractivity contribution in [1.82, 2.24) is 4.90 Å². The van der Waals surface area contributed by atoms with Gasteiger partial charge >= 0.3 is 0 Å². The zero-order chi connectivity index (χ0) is 18.7. The molecule has 0 bridgehead atoms. The summed E-state index contributed by atoms with van der Waals surface area (Å²) in [6.07, 6.45) is 1.78. The van der Waals surface area contributed by atoms with E-state index in [1.54, 1.807) is 25.3 Å². The molecule has 1 heterocycles. The molecule has 6 nitrogen and oxygen atoms in total. The first kappa shape index (κ1) is 18.1. The number of likely N-dealkylation sites (N-methyl/N-ethyl adjacent to an activating group) is 1. The molecule has 2 aromatic carbocycles. The van der Waals surface area contributed by atoms with Crippen LogP contribution in [0.1, 0.15) is 11.1 Å². The average molecular weight is 386 g/mol. The summed E-state index contributed by atoms with van der Waals surface area (Å²) < 4.78 is 6.27. The minimum absolute atomic E-state index is 0.0454. The summed E-state index contributed by atoms with van der Waals surface area (Å²) in [5.74, 6) is 0.529. The largest absolute Gasteiger partial charge is 0.489 e. The fourth-order valence-corrected chi connectivity index (χ4v) is 3.45. The number of ether oxygens (including phenoxy) is 1. The van der Waals surface area contributed by atoms with Crippen LogP contribution < -0.4 is 4.74 Å². The number of nitrogens with zero attached hydrogens (tertiary/aromatic N) is 2. The summed E-state index contributed by atoms with van der Waals surface area (Å²) in [6.45, 7) is 0.290. The van der Waals surface area contributed by atoms with Crippen molar-refractivity contribution >= 4 is 46.0 Å². The molecule has 3 rings (SSSR count). The Hall–Kier alpha value is -2.71. The molecule has 1 saturated heterocycles. The van der Waals surface area contributed by atoms with Crippen LogP contribution in [-0.4, -0.2) is 27.1 Å². The first-order chi connectivity index (χ1) is 12.4. The number of nitro groups is 1. The molecule has 0 aromatic heterocycles. The number of hydrogen-bond donors (Lipinski definition) is 0. The molecule has 1 fully saturated rings. The van der Waals surface area contributed by atoms with Crippen LogP contribution in [0.2, 0.25) is 0 Å². The third-order valence-corrected chi connectivity index (χ3v) is 5.18. The number of thiocarbonyl (C=S) groups is 1. The standard InChI is InChI=1S/C18H14N2O4S2/c1-19-17(21)16(26-18(19)25)10-13-3-2-4-15(9-13)24-11-12-5-7-14(8-6-12)20(22)23/h2-10H,11H2,1H3. The fraction of sp³-hybridized carbons (Fsp3) is 0.111. The molecule has 0 spiro atoms. The lowest BCUT2D eigenvalue weighted by Crippen LogP contribution is -2.22. The number of rotatable bonds is 5. The van der Waals surface area contributed by atoms with Crippen molar-refractivity contribution < 1.29 is 14.5 Å². The minimum atomic E-state index is -0.437. The van der Waals surface area contributed by atoms with E-state index < -0.39 is 4.92 Å². The molecule has 0 atom stereocenters. The number of amides is 1. The van der Waals surface area contributed by atoms with Crippen LogP contribution in [0.15, 0.2) is 53.4 Å². The van der Waals surface area contributed by atoms with Crippen LogP contribution in [-0.2, 0) is 11.4 Å². The van der Waals surface area contributed by atoms with Gasteiger partial charge in [0.25, 0.3) is 11.6 Å². The molecule has 8 heteroatoms. The molecule has 0 radical (unpaired) electrons. The van der Waals surface area contributed by atoms with E-state index in [1.165, 1.54) is 28.8 Å². The van der Waals surface area contributed by atoms with E-state index in [0.29, 0.717) is 21.6 Å². The van der Waals surface area contributed by atoms with Gasteiger partial charge < -0.3 is 4.74 Å². The normalized spacial score (nSPS) is 15.6. The Labute approximate surface area is 159 Å². The molecule has 2 aromatic rings. The number of thioether (sulfide) groups is 1. The second-order valence-electron chi connectivity index (χ2n) is 5.53. The predicted molar refractivity (Wildman–Crippen MR) is 105 cm³/mol. The first-order valence-electron chi connectivity index (χ1n) is 7.62. The Balaban J connectivity index is 1.69. The van der Waals surface area contributed by atoms with Gasteiger partial charge in [0.2, 0.25) is 0 Å². The molecule has 0 aliphatic carbocycles. The van der Waals surface area contributed by atoms with E-state index in [4.69, 9.17) is 17.0 Å². The van der Waals surface area contributed by atoms with Gasteiger partial charge in [-0.05, 0) is 41.5 Å². The molecule has 0 N–H and O–H groups in total. The molecular formula is C18H14N2O4S2. The van der Waals surface area contributed by atoms with Crippen molar-refractivity contribution in [3.63, 3.8) is 0 Å². The lowest BCUT2D eigenvalue weighted by Gasteiger charge is -2.07. The van der Waals surface area contributed by atoms with E-state index in [9.17, 15) is 14.9 Å². The molecule has 132 valence electrons. The van der Waals surface area contributed by atoms with Gasteiger partial charge in [0.15, 0.2) is 0 Å². The summed E-state index contributed by atoms with van der Waals surface area (Å²) in [4.78, 5) is 24.3. The third kappa shape index (κ3) is 4.09. The minimum Gasteiger partial charge on any atom is -0.489 e. The van der Waals surface area contributed by atoms with Gasteiger partial charge in [-0.15, -0.1) is 0 Å². The first-order valence-corrected chi connectivity index (χ1v) is 8.84. The van der Waals surface area contributed by atoms with E-state index in [0.717, 1.165) is 11.1 Å². The number of benzene rings is 2. The summed E-state index contributed by atoms with van der Waals surface area (Å²) in [5, 5.41) is 10.7. The van der Waals surface area contributed by atoms with Crippen LogP contribution in [0.25, 0.3) is 6.08 Å². The molecule has 26 heavy (non-hydrogen) atoms. The second kappa shape index (κ2) is 7.67. The van der Waals surface area contributed by atoms with Crippen molar-refractivity contribution in [2.45, 2.75) is 6.61 Å². The van der Waals surface area contributed by atoms with Gasteiger partial charge in [-0.3, -0.25) is 19.8 Å². The van der Waals surface area contributed by atoms with Crippen molar-refractivity contribution in [2.24, 2.45) is 0 Å². The van der Waals surface area contributed by atoms with Gasteiger partial charge in [-0.2, -0.15) is 0 Å². The smallest absolute Gasteiger partial charge is 0.269 e. The topological polar surface area (TPSA) is 72.7 Å². The highest BCUT2D eigenvalue weighted by molar-refractivity contribution is 8.26. The zero-order valence-corrected chi connectivity index (χ0v) is 15.4. The number of non-ortho nitro benzene ring substituents is 1. The van der Waals surface area contributed by atoms with Crippen molar-refractivity contribution in [3.05, 3.63) is 74.7 Å². The van der Waals surface area contributed by atoms with Crippen LogP contribution >= 0.6 is 24.0 Å². The van der Waals surface area contributed by atoms with Crippen molar-refractivity contribution in [3.8, 4) is 5.75 Å².